The summed E-state index contributed by atoms with van der Waals surface area (Å²) in [6, 6.07) is 6.95. The SMILES string of the molecule is CCCn1c(SCc2cc(=O)c(O)co2)nc2cc(Cl)ccc21. The van der Waals surface area contributed by atoms with Gasteiger partial charge in [0, 0.05) is 17.6 Å². The number of halogens is 1. The zero-order valence-corrected chi connectivity index (χ0v) is 14.0. The number of nitrogens with zero attached hydrogens (tertiary/aromatic N) is 2. The predicted octanol–water partition coefficient (Wildman–Crippen LogP) is 4.05. The van der Waals surface area contributed by atoms with Crippen LogP contribution in [0.2, 0.25) is 5.02 Å². The Balaban J connectivity index is 1.90. The Morgan fingerprint density at radius 1 is 1.39 bits per heavy atom. The van der Waals surface area contributed by atoms with E-state index in [1.807, 2.05) is 18.2 Å². The number of aromatic nitrogens is 2. The van der Waals surface area contributed by atoms with Gasteiger partial charge in [0.2, 0.25) is 5.43 Å². The third-order valence-electron chi connectivity index (χ3n) is 3.33. The van der Waals surface area contributed by atoms with Crippen LogP contribution in [0, 0.1) is 0 Å². The van der Waals surface area contributed by atoms with Gasteiger partial charge in [-0.2, -0.15) is 0 Å². The molecule has 0 atom stereocenters. The van der Waals surface area contributed by atoms with E-state index in [4.69, 9.17) is 16.0 Å². The molecule has 2 aromatic heterocycles. The number of aromatic hydroxyl groups is 1. The number of imidazole rings is 1. The van der Waals surface area contributed by atoms with Crippen LogP contribution >= 0.6 is 23.4 Å². The molecule has 1 N–H and O–H groups in total. The molecule has 120 valence electrons. The molecule has 0 radical (unpaired) electrons. The van der Waals surface area contributed by atoms with Gasteiger partial charge in [0.05, 0.1) is 16.8 Å². The highest BCUT2D eigenvalue weighted by Gasteiger charge is 2.12. The van der Waals surface area contributed by atoms with Crippen molar-refractivity contribution in [3.63, 3.8) is 0 Å². The molecule has 0 aliphatic heterocycles. The Kier molecular flexibility index (Phi) is 4.63. The molecule has 2 heterocycles. The van der Waals surface area contributed by atoms with Crippen LogP contribution in [-0.2, 0) is 12.3 Å². The summed E-state index contributed by atoms with van der Waals surface area (Å²) in [6.45, 7) is 2.95. The van der Waals surface area contributed by atoms with Crippen LogP contribution in [0.5, 0.6) is 5.75 Å². The first kappa shape index (κ1) is 16.0. The summed E-state index contributed by atoms with van der Waals surface area (Å²) in [6.07, 6.45) is 2.04. The lowest BCUT2D eigenvalue weighted by molar-refractivity contribution is 0.419. The topological polar surface area (TPSA) is 68.3 Å². The lowest BCUT2D eigenvalue weighted by atomic mass is 10.3. The lowest BCUT2D eigenvalue weighted by Crippen LogP contribution is -2.01. The Morgan fingerprint density at radius 3 is 2.96 bits per heavy atom. The molecule has 23 heavy (non-hydrogen) atoms. The number of fused-ring (bicyclic) bond motifs is 1. The zero-order valence-electron chi connectivity index (χ0n) is 12.5. The molecule has 0 unspecified atom stereocenters. The average molecular weight is 351 g/mol. The Morgan fingerprint density at radius 2 is 2.22 bits per heavy atom. The van der Waals surface area contributed by atoms with Gasteiger partial charge in [-0.05, 0) is 24.6 Å². The maximum atomic E-state index is 11.4. The van der Waals surface area contributed by atoms with Crippen molar-refractivity contribution < 1.29 is 9.52 Å². The fourth-order valence-electron chi connectivity index (χ4n) is 2.29. The second kappa shape index (κ2) is 6.68. The fraction of sp³-hybridized carbons (Fsp3) is 0.250. The minimum Gasteiger partial charge on any atom is -0.502 e. The van der Waals surface area contributed by atoms with E-state index in [-0.39, 0.29) is 5.75 Å². The first-order chi connectivity index (χ1) is 11.1. The number of thioether (sulfide) groups is 1. The predicted molar refractivity (Wildman–Crippen MR) is 91.2 cm³/mol. The zero-order chi connectivity index (χ0) is 16.4. The smallest absolute Gasteiger partial charge is 0.226 e. The van der Waals surface area contributed by atoms with Gasteiger partial charge in [0.15, 0.2) is 10.9 Å². The molecule has 3 rings (SSSR count). The van der Waals surface area contributed by atoms with Crippen LogP contribution in [0.25, 0.3) is 11.0 Å². The largest absolute Gasteiger partial charge is 0.502 e. The van der Waals surface area contributed by atoms with Crippen LogP contribution in [0.3, 0.4) is 0 Å². The van der Waals surface area contributed by atoms with Crippen molar-refractivity contribution in [1.29, 1.82) is 0 Å². The van der Waals surface area contributed by atoms with Gasteiger partial charge in [-0.3, -0.25) is 4.79 Å². The van der Waals surface area contributed by atoms with Crippen molar-refractivity contribution in [2.45, 2.75) is 30.8 Å². The van der Waals surface area contributed by atoms with Crippen molar-refractivity contribution in [2.24, 2.45) is 0 Å². The van der Waals surface area contributed by atoms with E-state index in [0.29, 0.717) is 16.5 Å². The molecule has 0 aliphatic rings. The van der Waals surface area contributed by atoms with Crippen molar-refractivity contribution in [3.8, 4) is 5.75 Å². The summed E-state index contributed by atoms with van der Waals surface area (Å²) in [5.74, 6) is 0.563. The molecule has 0 saturated carbocycles. The molecule has 0 spiro atoms. The van der Waals surface area contributed by atoms with Crippen molar-refractivity contribution in [2.75, 3.05) is 0 Å². The Labute approximate surface area is 141 Å². The molecule has 0 amide bonds. The molecular weight excluding hydrogens is 336 g/mol. The normalized spacial score (nSPS) is 11.2. The van der Waals surface area contributed by atoms with E-state index in [1.165, 1.54) is 17.8 Å². The lowest BCUT2D eigenvalue weighted by Gasteiger charge is -2.07. The monoisotopic (exact) mass is 350 g/mol. The molecule has 0 saturated heterocycles. The van der Waals surface area contributed by atoms with Gasteiger partial charge in [-0.15, -0.1) is 0 Å². The summed E-state index contributed by atoms with van der Waals surface area (Å²) in [4.78, 5) is 16.1. The van der Waals surface area contributed by atoms with Crippen LogP contribution in [0.1, 0.15) is 19.1 Å². The van der Waals surface area contributed by atoms with E-state index in [2.05, 4.69) is 16.5 Å². The molecular formula is C16H15ClN2O3S. The number of rotatable bonds is 5. The molecule has 1 aromatic carbocycles. The highest BCUT2D eigenvalue weighted by atomic mass is 35.5. The number of benzene rings is 1. The fourth-order valence-corrected chi connectivity index (χ4v) is 3.38. The number of aryl methyl sites for hydroxylation is 1. The summed E-state index contributed by atoms with van der Waals surface area (Å²) in [5, 5.41) is 10.7. The first-order valence-corrected chi connectivity index (χ1v) is 8.54. The highest BCUT2D eigenvalue weighted by molar-refractivity contribution is 7.98. The maximum Gasteiger partial charge on any atom is 0.226 e. The van der Waals surface area contributed by atoms with E-state index in [0.717, 1.165) is 35.4 Å². The van der Waals surface area contributed by atoms with E-state index < -0.39 is 5.43 Å². The van der Waals surface area contributed by atoms with E-state index in [1.54, 1.807) is 0 Å². The Bertz CT molecular complexity index is 904. The minimum absolute atomic E-state index is 0.383. The van der Waals surface area contributed by atoms with E-state index >= 15 is 0 Å². The highest BCUT2D eigenvalue weighted by Crippen LogP contribution is 2.28. The van der Waals surface area contributed by atoms with Crippen molar-refractivity contribution in [1.82, 2.24) is 9.55 Å². The second-order valence-electron chi connectivity index (χ2n) is 5.06. The molecule has 7 heteroatoms. The van der Waals surface area contributed by atoms with Crippen molar-refractivity contribution >= 4 is 34.4 Å². The van der Waals surface area contributed by atoms with Gasteiger partial charge in [0.1, 0.15) is 12.0 Å². The maximum absolute atomic E-state index is 11.4. The van der Waals surface area contributed by atoms with E-state index in [9.17, 15) is 9.90 Å². The minimum atomic E-state index is -0.444. The summed E-state index contributed by atoms with van der Waals surface area (Å²) in [7, 11) is 0. The molecule has 0 fully saturated rings. The molecule has 0 bridgehead atoms. The standard InChI is InChI=1S/C16H15ClN2O3S/c1-2-5-19-13-4-3-10(17)6-12(13)18-16(19)23-9-11-7-14(20)15(21)8-22-11/h3-4,6-8,21H,2,5,9H2,1H3. The Hall–Kier alpha value is -1.92. The van der Waals surface area contributed by atoms with Crippen LogP contribution in [0.15, 0.2) is 44.9 Å². The first-order valence-electron chi connectivity index (χ1n) is 7.17. The quantitative estimate of drug-likeness (QED) is 0.703. The van der Waals surface area contributed by atoms with Crippen LogP contribution in [0.4, 0.5) is 0 Å². The third-order valence-corrected chi connectivity index (χ3v) is 4.57. The van der Waals surface area contributed by atoms with Crippen LogP contribution < -0.4 is 5.43 Å². The van der Waals surface area contributed by atoms with Gasteiger partial charge in [0.25, 0.3) is 0 Å². The van der Waals surface area contributed by atoms with Gasteiger partial charge in [-0.1, -0.05) is 30.3 Å². The number of hydrogen-bond acceptors (Lipinski definition) is 5. The third kappa shape index (κ3) is 3.38. The number of hydrogen-bond donors (Lipinski definition) is 1. The van der Waals surface area contributed by atoms with Crippen LogP contribution in [-0.4, -0.2) is 14.7 Å². The van der Waals surface area contributed by atoms with Crippen molar-refractivity contribution in [3.05, 3.63) is 51.5 Å². The summed E-state index contributed by atoms with van der Waals surface area (Å²) < 4.78 is 7.36. The summed E-state index contributed by atoms with van der Waals surface area (Å²) in [5.41, 5.74) is 1.44. The average Bonchev–Trinajstić information content (AvgIpc) is 2.86. The molecule has 3 aromatic rings. The van der Waals surface area contributed by atoms with Gasteiger partial charge in [-0.25, -0.2) is 4.98 Å². The molecule has 0 aliphatic carbocycles. The summed E-state index contributed by atoms with van der Waals surface area (Å²) >= 11 is 7.51. The molecule has 5 nitrogen and oxygen atoms in total. The van der Waals surface area contributed by atoms with Gasteiger partial charge < -0.3 is 14.1 Å². The second-order valence-corrected chi connectivity index (χ2v) is 6.44. The van der Waals surface area contributed by atoms with Gasteiger partial charge >= 0.3 is 0 Å².